The predicted molar refractivity (Wildman–Crippen MR) is 121 cm³/mol. The number of aromatic nitrogens is 4. The zero-order chi connectivity index (χ0) is 22.8. The van der Waals surface area contributed by atoms with Crippen molar-refractivity contribution in [1.29, 1.82) is 0 Å². The lowest BCUT2D eigenvalue weighted by Gasteiger charge is -2.28. The average Bonchev–Trinajstić information content (AvgIpc) is 3.27. The zero-order valence-corrected chi connectivity index (χ0v) is 18.5. The van der Waals surface area contributed by atoms with Gasteiger partial charge in [0.2, 0.25) is 5.91 Å². The van der Waals surface area contributed by atoms with Gasteiger partial charge in [-0.25, -0.2) is 15.0 Å². The van der Waals surface area contributed by atoms with Crippen LogP contribution in [0.2, 0.25) is 0 Å². The molecule has 1 N–H and O–H groups in total. The second kappa shape index (κ2) is 9.11. The maximum Gasteiger partial charge on any atom is 0.321 e. The van der Waals surface area contributed by atoms with E-state index in [9.17, 15) is 9.59 Å². The number of rotatable bonds is 5. The van der Waals surface area contributed by atoms with E-state index in [1.807, 2.05) is 18.2 Å². The Bertz CT molecular complexity index is 1210. The van der Waals surface area contributed by atoms with Gasteiger partial charge in [-0.15, -0.1) is 0 Å². The first-order chi connectivity index (χ1) is 16.1. The molecule has 1 atom stereocenters. The number of carbonyl (C=O) groups excluding carboxylic acids is 1. The molecule has 1 fully saturated rings. The predicted octanol–water partition coefficient (Wildman–Crippen LogP) is 2.59. The van der Waals surface area contributed by atoms with Crippen LogP contribution in [0.5, 0.6) is 11.8 Å². The van der Waals surface area contributed by atoms with Crippen molar-refractivity contribution in [1.82, 2.24) is 29.7 Å². The summed E-state index contributed by atoms with van der Waals surface area (Å²) in [7, 11) is 0. The highest BCUT2D eigenvalue weighted by molar-refractivity contribution is 5.73. The second-order valence-corrected chi connectivity index (χ2v) is 8.48. The van der Waals surface area contributed by atoms with E-state index < -0.39 is 0 Å². The van der Waals surface area contributed by atoms with Gasteiger partial charge in [0.15, 0.2) is 0 Å². The van der Waals surface area contributed by atoms with Crippen molar-refractivity contribution >= 4 is 5.91 Å². The van der Waals surface area contributed by atoms with Gasteiger partial charge >= 0.3 is 6.01 Å². The number of amides is 1. The molecule has 0 aliphatic carbocycles. The van der Waals surface area contributed by atoms with E-state index in [1.54, 1.807) is 30.3 Å². The summed E-state index contributed by atoms with van der Waals surface area (Å²) in [4.78, 5) is 44.7. The fraction of sp³-hybridized carbons (Fsp3) is 0.375. The summed E-state index contributed by atoms with van der Waals surface area (Å²) in [6.07, 6.45) is 5.78. The summed E-state index contributed by atoms with van der Waals surface area (Å²) in [6, 6.07) is 9.95. The summed E-state index contributed by atoms with van der Waals surface area (Å²) in [5, 5.41) is 0. The third-order valence-corrected chi connectivity index (χ3v) is 6.25. The fourth-order valence-electron chi connectivity index (χ4n) is 4.60. The van der Waals surface area contributed by atoms with Crippen LogP contribution in [0.15, 0.2) is 47.5 Å². The minimum Gasteiger partial charge on any atom is -0.424 e. The highest BCUT2D eigenvalue weighted by Crippen LogP contribution is 2.32. The highest BCUT2D eigenvalue weighted by atomic mass is 16.5. The van der Waals surface area contributed by atoms with Crippen molar-refractivity contribution in [3.8, 4) is 11.8 Å². The quantitative estimate of drug-likeness (QED) is 0.642. The van der Waals surface area contributed by atoms with Crippen LogP contribution in [0.3, 0.4) is 0 Å². The van der Waals surface area contributed by atoms with Crippen LogP contribution < -0.4 is 10.3 Å². The van der Waals surface area contributed by atoms with Gasteiger partial charge in [-0.1, -0.05) is 12.1 Å². The molecule has 9 nitrogen and oxygen atoms in total. The van der Waals surface area contributed by atoms with Gasteiger partial charge in [-0.2, -0.15) is 0 Å². The molecular formula is C24H26N6O3. The summed E-state index contributed by atoms with van der Waals surface area (Å²) in [5.74, 6) is 1.38. The van der Waals surface area contributed by atoms with Crippen LogP contribution in [0.4, 0.5) is 0 Å². The molecule has 170 valence electrons. The Balaban J connectivity index is 1.35. The molecule has 5 rings (SSSR count). The molecule has 2 aliphatic heterocycles. The van der Waals surface area contributed by atoms with Crippen LogP contribution in [0.1, 0.15) is 48.5 Å². The minimum absolute atomic E-state index is 0.00905. The maximum absolute atomic E-state index is 12.8. The van der Waals surface area contributed by atoms with Gasteiger partial charge in [0, 0.05) is 38.0 Å². The molecule has 1 saturated heterocycles. The number of likely N-dealkylation sites (tertiary alicyclic amines) is 1. The van der Waals surface area contributed by atoms with E-state index >= 15 is 0 Å². The summed E-state index contributed by atoms with van der Waals surface area (Å²) < 4.78 is 5.77. The van der Waals surface area contributed by atoms with E-state index in [2.05, 4.69) is 25.9 Å². The largest absolute Gasteiger partial charge is 0.424 e. The number of nitrogens with one attached hydrogen (secondary N) is 1. The molecule has 0 unspecified atom stereocenters. The number of fused-ring (bicyclic) bond motifs is 1. The lowest BCUT2D eigenvalue weighted by atomic mass is 10.1. The number of hydrogen-bond acceptors (Lipinski definition) is 7. The van der Waals surface area contributed by atoms with Crippen LogP contribution in [-0.4, -0.2) is 48.7 Å². The van der Waals surface area contributed by atoms with E-state index in [0.29, 0.717) is 49.2 Å². The number of hydrogen-bond donors (Lipinski definition) is 1. The lowest BCUT2D eigenvalue weighted by molar-refractivity contribution is -0.129. The number of ether oxygens (including phenoxy) is 1. The third kappa shape index (κ3) is 4.63. The number of H-pyrrole nitrogens is 1. The van der Waals surface area contributed by atoms with E-state index in [4.69, 9.17) is 9.72 Å². The molecule has 33 heavy (non-hydrogen) atoms. The highest BCUT2D eigenvalue weighted by Gasteiger charge is 2.30. The Kier molecular flexibility index (Phi) is 5.87. The minimum atomic E-state index is -0.0803. The van der Waals surface area contributed by atoms with Gasteiger partial charge < -0.3 is 14.6 Å². The molecule has 4 heterocycles. The van der Waals surface area contributed by atoms with Crippen molar-refractivity contribution in [3.05, 3.63) is 75.7 Å². The molecule has 0 saturated carbocycles. The van der Waals surface area contributed by atoms with Crippen molar-refractivity contribution in [3.63, 3.8) is 0 Å². The van der Waals surface area contributed by atoms with Gasteiger partial charge in [0.1, 0.15) is 11.6 Å². The SMILES string of the molecule is CC(=O)N1CCc2c(nc([C@@H]3CCCN3Cc3cccc(Oc4ncccn4)c3)[nH]c2=O)C1. The summed E-state index contributed by atoms with van der Waals surface area (Å²) in [6.45, 7) is 4.14. The Labute approximate surface area is 191 Å². The molecular weight excluding hydrogens is 420 g/mol. The number of carbonyl (C=O) groups is 1. The van der Waals surface area contributed by atoms with Crippen LogP contribution in [0, 0.1) is 0 Å². The van der Waals surface area contributed by atoms with Crippen molar-refractivity contribution < 1.29 is 9.53 Å². The van der Waals surface area contributed by atoms with E-state index in [1.165, 1.54) is 0 Å². The van der Waals surface area contributed by atoms with Gasteiger partial charge in [0.25, 0.3) is 5.56 Å². The van der Waals surface area contributed by atoms with Gasteiger partial charge in [0.05, 0.1) is 18.3 Å². The Hall–Kier alpha value is -3.59. The Morgan fingerprint density at radius 1 is 1.21 bits per heavy atom. The first-order valence-corrected chi connectivity index (χ1v) is 11.2. The zero-order valence-electron chi connectivity index (χ0n) is 18.5. The second-order valence-electron chi connectivity index (χ2n) is 8.48. The average molecular weight is 447 g/mol. The van der Waals surface area contributed by atoms with Gasteiger partial charge in [-0.05, 0) is 49.6 Å². The molecule has 0 bridgehead atoms. The normalized spacial score (nSPS) is 18.2. The van der Waals surface area contributed by atoms with E-state index in [0.717, 1.165) is 30.6 Å². The molecule has 0 spiro atoms. The molecule has 9 heteroatoms. The third-order valence-electron chi connectivity index (χ3n) is 6.25. The molecule has 1 aromatic carbocycles. The molecule has 2 aliphatic rings. The summed E-state index contributed by atoms with van der Waals surface area (Å²) >= 11 is 0. The number of benzene rings is 1. The monoisotopic (exact) mass is 446 g/mol. The summed E-state index contributed by atoms with van der Waals surface area (Å²) in [5.41, 5.74) is 2.44. The Morgan fingerprint density at radius 3 is 2.88 bits per heavy atom. The fourth-order valence-corrected chi connectivity index (χ4v) is 4.60. The molecule has 0 radical (unpaired) electrons. The van der Waals surface area contributed by atoms with Crippen molar-refractivity contribution in [2.75, 3.05) is 13.1 Å². The first-order valence-electron chi connectivity index (χ1n) is 11.2. The van der Waals surface area contributed by atoms with Crippen LogP contribution in [-0.2, 0) is 24.3 Å². The molecule has 3 aromatic rings. The van der Waals surface area contributed by atoms with Crippen LogP contribution in [0.25, 0.3) is 0 Å². The van der Waals surface area contributed by atoms with Gasteiger partial charge in [-0.3, -0.25) is 14.5 Å². The topological polar surface area (TPSA) is 104 Å². The van der Waals surface area contributed by atoms with Crippen LogP contribution >= 0.6 is 0 Å². The molecule has 1 amide bonds. The number of aromatic amines is 1. The smallest absolute Gasteiger partial charge is 0.321 e. The van der Waals surface area contributed by atoms with Crippen molar-refractivity contribution in [2.45, 2.75) is 45.3 Å². The maximum atomic E-state index is 12.8. The Morgan fingerprint density at radius 2 is 2.06 bits per heavy atom. The first kappa shape index (κ1) is 21.3. The lowest BCUT2D eigenvalue weighted by Crippen LogP contribution is -2.39. The van der Waals surface area contributed by atoms with E-state index in [-0.39, 0.29) is 17.5 Å². The standard InChI is InChI=1S/C24H26N6O3/c1-16(31)29-12-8-19-20(15-29)27-22(28-23(19)32)21-7-3-11-30(21)14-17-5-2-6-18(13-17)33-24-25-9-4-10-26-24/h2,4-6,9-10,13,21H,3,7-8,11-12,14-15H2,1H3,(H,27,28,32)/t21-/m0/s1. The molecule has 2 aromatic heterocycles. The number of nitrogens with zero attached hydrogens (tertiary/aromatic N) is 5. The van der Waals surface area contributed by atoms with Crippen molar-refractivity contribution in [2.24, 2.45) is 0 Å².